The van der Waals surface area contributed by atoms with Crippen molar-refractivity contribution in [2.24, 2.45) is 0 Å². The van der Waals surface area contributed by atoms with E-state index in [0.29, 0.717) is 0 Å². The van der Waals surface area contributed by atoms with E-state index >= 15 is 0 Å². The fourth-order valence-electron chi connectivity index (χ4n) is 0.792. The maximum Gasteiger partial charge on any atom is 0.387 e. The molecule has 0 fully saturated rings. The minimum atomic E-state index is -3.06. The Morgan fingerprint density at radius 1 is 1.50 bits per heavy atom. The first-order valence-electron chi connectivity index (χ1n) is 3.39. The first-order chi connectivity index (χ1) is 6.50. The van der Waals surface area contributed by atoms with E-state index in [0.717, 1.165) is 18.2 Å². The van der Waals surface area contributed by atoms with Crippen molar-refractivity contribution in [2.75, 3.05) is 0 Å². The summed E-state index contributed by atoms with van der Waals surface area (Å²) in [6.07, 6.45) is 0. The lowest BCUT2D eigenvalue weighted by molar-refractivity contribution is -0.385. The molecule has 0 unspecified atom stereocenters. The van der Waals surface area contributed by atoms with Crippen molar-refractivity contribution in [3.05, 3.63) is 33.3 Å². The summed E-state index contributed by atoms with van der Waals surface area (Å²) in [5.74, 6) is -0.407. The Morgan fingerprint density at radius 3 is 2.64 bits per heavy atom. The SMILES string of the molecule is O=[N+]([O-])c1ccc(Cl)c(OC(F)F)c1. The first-order valence-corrected chi connectivity index (χ1v) is 3.77. The number of hydrogen-bond acceptors (Lipinski definition) is 3. The smallest absolute Gasteiger partial charge is 0.387 e. The fourth-order valence-corrected chi connectivity index (χ4v) is 0.954. The van der Waals surface area contributed by atoms with Crippen LogP contribution in [0.4, 0.5) is 14.5 Å². The molecule has 0 amide bonds. The average molecular weight is 224 g/mol. The number of alkyl halides is 2. The zero-order chi connectivity index (χ0) is 10.7. The van der Waals surface area contributed by atoms with Gasteiger partial charge in [-0.3, -0.25) is 10.1 Å². The Hall–Kier alpha value is -1.43. The molecule has 0 saturated heterocycles. The molecule has 0 N–H and O–H groups in total. The highest BCUT2D eigenvalue weighted by Crippen LogP contribution is 2.29. The van der Waals surface area contributed by atoms with Gasteiger partial charge in [0.1, 0.15) is 0 Å². The first kappa shape index (κ1) is 10.6. The Labute approximate surface area is 82.2 Å². The van der Waals surface area contributed by atoms with Crippen LogP contribution in [0.2, 0.25) is 5.02 Å². The Kier molecular flexibility index (Phi) is 3.19. The van der Waals surface area contributed by atoms with Gasteiger partial charge in [0, 0.05) is 6.07 Å². The van der Waals surface area contributed by atoms with Gasteiger partial charge in [-0.05, 0) is 6.07 Å². The van der Waals surface area contributed by atoms with Gasteiger partial charge in [0.2, 0.25) is 0 Å². The van der Waals surface area contributed by atoms with Gasteiger partial charge < -0.3 is 4.74 Å². The van der Waals surface area contributed by atoms with Crippen LogP contribution in [0, 0.1) is 10.1 Å². The molecule has 0 saturated carbocycles. The lowest BCUT2D eigenvalue weighted by Crippen LogP contribution is -2.02. The number of non-ortho nitro benzene ring substituents is 1. The van der Waals surface area contributed by atoms with Gasteiger partial charge in [0.05, 0.1) is 16.0 Å². The highest BCUT2D eigenvalue weighted by molar-refractivity contribution is 6.32. The fraction of sp³-hybridized carbons (Fsp3) is 0.143. The average Bonchev–Trinajstić information content (AvgIpc) is 2.07. The third-order valence-electron chi connectivity index (χ3n) is 1.34. The van der Waals surface area contributed by atoms with E-state index in [1.165, 1.54) is 0 Å². The molecular formula is C7H4ClF2NO3. The number of hydrogen-bond donors (Lipinski definition) is 0. The monoisotopic (exact) mass is 223 g/mol. The normalized spacial score (nSPS) is 10.3. The van der Waals surface area contributed by atoms with Crippen molar-refractivity contribution in [1.29, 1.82) is 0 Å². The van der Waals surface area contributed by atoms with Crippen LogP contribution in [-0.2, 0) is 0 Å². The molecule has 4 nitrogen and oxygen atoms in total. The van der Waals surface area contributed by atoms with Crippen molar-refractivity contribution >= 4 is 17.3 Å². The summed E-state index contributed by atoms with van der Waals surface area (Å²) < 4.78 is 27.5. The van der Waals surface area contributed by atoms with E-state index in [2.05, 4.69) is 4.74 Å². The Morgan fingerprint density at radius 2 is 2.14 bits per heavy atom. The quantitative estimate of drug-likeness (QED) is 0.585. The van der Waals surface area contributed by atoms with Crippen LogP contribution in [0.3, 0.4) is 0 Å². The summed E-state index contributed by atoms with van der Waals surface area (Å²) in [6, 6.07) is 3.06. The van der Waals surface area contributed by atoms with Gasteiger partial charge in [-0.25, -0.2) is 0 Å². The van der Waals surface area contributed by atoms with Crippen molar-refractivity contribution in [3.8, 4) is 5.75 Å². The summed E-state index contributed by atoms with van der Waals surface area (Å²) in [5, 5.41) is 10.2. The molecule has 14 heavy (non-hydrogen) atoms. The van der Waals surface area contributed by atoms with Crippen molar-refractivity contribution in [3.63, 3.8) is 0 Å². The van der Waals surface area contributed by atoms with E-state index in [1.54, 1.807) is 0 Å². The van der Waals surface area contributed by atoms with Crippen LogP contribution in [0.1, 0.15) is 0 Å². The molecule has 0 aliphatic carbocycles. The van der Waals surface area contributed by atoms with Crippen LogP contribution < -0.4 is 4.74 Å². The standard InChI is InChI=1S/C7H4ClF2NO3/c8-5-2-1-4(11(12)13)3-6(5)14-7(9)10/h1-3,7H. The summed E-state index contributed by atoms with van der Waals surface area (Å²) >= 11 is 5.46. The molecule has 7 heteroatoms. The number of halogens is 3. The number of ether oxygens (including phenoxy) is 1. The number of nitro groups is 1. The number of nitrogens with zero attached hydrogens (tertiary/aromatic N) is 1. The van der Waals surface area contributed by atoms with Gasteiger partial charge >= 0.3 is 6.61 Å². The molecule has 1 aromatic rings. The van der Waals surface area contributed by atoms with E-state index in [1.807, 2.05) is 0 Å². The minimum Gasteiger partial charge on any atom is -0.433 e. The molecule has 0 spiro atoms. The molecule has 1 aromatic carbocycles. The molecule has 0 aliphatic heterocycles. The predicted octanol–water partition coefficient (Wildman–Crippen LogP) is 2.85. The minimum absolute atomic E-state index is 0.101. The van der Waals surface area contributed by atoms with Crippen LogP contribution in [-0.4, -0.2) is 11.5 Å². The highest BCUT2D eigenvalue weighted by Gasteiger charge is 2.13. The van der Waals surface area contributed by atoms with E-state index in [4.69, 9.17) is 11.6 Å². The number of rotatable bonds is 3. The molecule has 1 rings (SSSR count). The molecule has 0 atom stereocenters. The van der Waals surface area contributed by atoms with Crippen molar-refractivity contribution in [1.82, 2.24) is 0 Å². The van der Waals surface area contributed by atoms with Crippen LogP contribution >= 0.6 is 11.6 Å². The predicted molar refractivity (Wildman–Crippen MR) is 44.7 cm³/mol. The third kappa shape index (κ3) is 2.53. The summed E-state index contributed by atoms with van der Waals surface area (Å²) in [7, 11) is 0. The maximum absolute atomic E-state index is 11.8. The largest absolute Gasteiger partial charge is 0.433 e. The van der Waals surface area contributed by atoms with Crippen molar-refractivity contribution in [2.45, 2.75) is 6.61 Å². The van der Waals surface area contributed by atoms with Gasteiger partial charge in [-0.1, -0.05) is 11.6 Å². The summed E-state index contributed by atoms with van der Waals surface area (Å²) in [6.45, 7) is -3.06. The zero-order valence-electron chi connectivity index (χ0n) is 6.62. The van der Waals surface area contributed by atoms with Crippen LogP contribution in [0.5, 0.6) is 5.75 Å². The maximum atomic E-state index is 11.8. The topological polar surface area (TPSA) is 52.4 Å². The second kappa shape index (κ2) is 4.19. The van der Waals surface area contributed by atoms with E-state index in [-0.39, 0.29) is 10.7 Å². The Bertz CT molecular complexity index is 359. The van der Waals surface area contributed by atoms with E-state index < -0.39 is 17.3 Å². The summed E-state index contributed by atoms with van der Waals surface area (Å²) in [5.41, 5.74) is -0.356. The molecule has 0 heterocycles. The molecule has 76 valence electrons. The second-order valence-electron chi connectivity index (χ2n) is 2.25. The number of nitro benzene ring substituents is 1. The second-order valence-corrected chi connectivity index (χ2v) is 2.66. The lowest BCUT2D eigenvalue weighted by Gasteiger charge is -2.05. The van der Waals surface area contributed by atoms with Gasteiger partial charge in [0.25, 0.3) is 5.69 Å². The summed E-state index contributed by atoms with van der Waals surface area (Å²) in [4.78, 5) is 9.54. The van der Waals surface area contributed by atoms with E-state index in [9.17, 15) is 18.9 Å². The van der Waals surface area contributed by atoms with Gasteiger partial charge in [-0.15, -0.1) is 0 Å². The zero-order valence-corrected chi connectivity index (χ0v) is 7.37. The van der Waals surface area contributed by atoms with Gasteiger partial charge in [0.15, 0.2) is 5.75 Å². The molecular weight excluding hydrogens is 220 g/mol. The highest BCUT2D eigenvalue weighted by atomic mass is 35.5. The van der Waals surface area contributed by atoms with Crippen LogP contribution in [0.15, 0.2) is 18.2 Å². The lowest BCUT2D eigenvalue weighted by atomic mass is 10.3. The third-order valence-corrected chi connectivity index (χ3v) is 1.65. The van der Waals surface area contributed by atoms with Crippen molar-refractivity contribution < 1.29 is 18.4 Å². The van der Waals surface area contributed by atoms with Crippen LogP contribution in [0.25, 0.3) is 0 Å². The Balaban J connectivity index is 3.02. The van der Waals surface area contributed by atoms with Gasteiger partial charge in [-0.2, -0.15) is 8.78 Å². The molecule has 0 radical (unpaired) electrons. The number of benzene rings is 1. The molecule has 0 bridgehead atoms. The molecule has 0 aromatic heterocycles. The molecule has 0 aliphatic rings.